The van der Waals surface area contributed by atoms with E-state index in [1.807, 2.05) is 12.1 Å². The summed E-state index contributed by atoms with van der Waals surface area (Å²) in [7, 11) is 1.66. The largest absolute Gasteiger partial charge is 0.378 e. The Kier molecular flexibility index (Phi) is 4.21. The lowest BCUT2D eigenvalue weighted by molar-refractivity contribution is 0.180. The summed E-state index contributed by atoms with van der Waals surface area (Å²) >= 11 is 0. The summed E-state index contributed by atoms with van der Waals surface area (Å²) < 4.78 is 5.00. The van der Waals surface area contributed by atoms with E-state index in [1.54, 1.807) is 7.11 Å². The van der Waals surface area contributed by atoms with Crippen LogP contribution in [0.3, 0.4) is 0 Å². The number of ether oxygens (including phenoxy) is 1. The Morgan fingerprint density at radius 3 is 2.56 bits per heavy atom. The van der Waals surface area contributed by atoms with Gasteiger partial charge in [-0.05, 0) is 12.1 Å². The number of nitrogens with zero attached hydrogens (tertiary/aromatic N) is 3. The van der Waals surface area contributed by atoms with Crippen molar-refractivity contribution in [1.29, 1.82) is 0 Å². The van der Waals surface area contributed by atoms with Crippen LogP contribution in [0.1, 0.15) is 11.4 Å². The van der Waals surface area contributed by atoms with Gasteiger partial charge in [0.1, 0.15) is 0 Å². The third kappa shape index (κ3) is 3.23. The molecule has 0 radical (unpaired) electrons. The van der Waals surface area contributed by atoms with Gasteiger partial charge in [-0.1, -0.05) is 0 Å². The lowest BCUT2D eigenvalue weighted by Gasteiger charge is -2.26. The number of methoxy groups -OCH3 is 1. The highest BCUT2D eigenvalue weighted by Gasteiger charge is 2.10. The first-order valence-electron chi connectivity index (χ1n) is 5.62. The van der Waals surface area contributed by atoms with Gasteiger partial charge in [0.15, 0.2) is 0 Å². The van der Waals surface area contributed by atoms with E-state index >= 15 is 0 Å². The quantitative estimate of drug-likeness (QED) is 0.779. The molecular weight excluding hydrogens is 204 g/mol. The van der Waals surface area contributed by atoms with Crippen molar-refractivity contribution < 1.29 is 4.74 Å². The first kappa shape index (κ1) is 11.4. The van der Waals surface area contributed by atoms with Crippen molar-refractivity contribution >= 4 is 0 Å². The van der Waals surface area contributed by atoms with E-state index in [2.05, 4.69) is 20.4 Å². The van der Waals surface area contributed by atoms with Crippen LogP contribution in [-0.2, 0) is 17.9 Å². The zero-order valence-corrected chi connectivity index (χ0v) is 9.65. The predicted molar refractivity (Wildman–Crippen MR) is 60.9 cm³/mol. The van der Waals surface area contributed by atoms with Crippen LogP contribution in [0, 0.1) is 0 Å². The fraction of sp³-hybridized carbons (Fsp3) is 0.636. The van der Waals surface area contributed by atoms with Crippen LogP contribution in [-0.4, -0.2) is 48.4 Å². The second-order valence-electron chi connectivity index (χ2n) is 3.98. The summed E-state index contributed by atoms with van der Waals surface area (Å²) in [5.41, 5.74) is 1.91. The van der Waals surface area contributed by atoms with Gasteiger partial charge < -0.3 is 10.1 Å². The van der Waals surface area contributed by atoms with Crippen molar-refractivity contribution in [2.45, 2.75) is 13.2 Å². The minimum atomic E-state index is 0.529. The van der Waals surface area contributed by atoms with Gasteiger partial charge >= 0.3 is 0 Å². The molecule has 1 saturated heterocycles. The Labute approximate surface area is 95.8 Å². The number of rotatable bonds is 4. The molecule has 0 atom stereocenters. The molecule has 0 saturated carbocycles. The molecule has 0 aromatic carbocycles. The van der Waals surface area contributed by atoms with E-state index in [1.165, 1.54) is 0 Å². The smallest absolute Gasteiger partial charge is 0.0902 e. The van der Waals surface area contributed by atoms with Crippen molar-refractivity contribution in [2.75, 3.05) is 33.3 Å². The first-order chi connectivity index (χ1) is 7.88. The van der Waals surface area contributed by atoms with Crippen molar-refractivity contribution in [3.05, 3.63) is 23.5 Å². The third-order valence-electron chi connectivity index (χ3n) is 2.66. The molecular formula is C11H18N4O. The number of hydrogen-bond donors (Lipinski definition) is 1. The zero-order valence-electron chi connectivity index (χ0n) is 9.65. The Balaban J connectivity index is 1.88. The maximum Gasteiger partial charge on any atom is 0.0902 e. The van der Waals surface area contributed by atoms with E-state index in [0.717, 1.165) is 44.1 Å². The fourth-order valence-corrected chi connectivity index (χ4v) is 1.80. The number of piperazine rings is 1. The van der Waals surface area contributed by atoms with Gasteiger partial charge in [-0.25, -0.2) is 0 Å². The number of hydrogen-bond acceptors (Lipinski definition) is 5. The van der Waals surface area contributed by atoms with Crippen molar-refractivity contribution in [3.63, 3.8) is 0 Å². The number of aromatic nitrogens is 2. The highest BCUT2D eigenvalue weighted by Crippen LogP contribution is 2.03. The second-order valence-corrected chi connectivity index (χ2v) is 3.98. The summed E-state index contributed by atoms with van der Waals surface area (Å²) in [4.78, 5) is 2.39. The summed E-state index contributed by atoms with van der Waals surface area (Å²) in [6, 6.07) is 4.01. The Morgan fingerprint density at radius 2 is 1.94 bits per heavy atom. The highest BCUT2D eigenvalue weighted by atomic mass is 16.5. The average Bonchev–Trinajstić information content (AvgIpc) is 2.33. The van der Waals surface area contributed by atoms with Gasteiger partial charge in [-0.3, -0.25) is 4.90 Å². The monoisotopic (exact) mass is 222 g/mol. The van der Waals surface area contributed by atoms with Gasteiger partial charge in [0, 0.05) is 39.8 Å². The normalized spacial score (nSPS) is 17.6. The molecule has 0 spiro atoms. The summed E-state index contributed by atoms with van der Waals surface area (Å²) in [6.45, 7) is 5.72. The van der Waals surface area contributed by atoms with Crippen molar-refractivity contribution in [2.24, 2.45) is 0 Å². The molecule has 2 rings (SSSR count). The molecule has 0 aliphatic carbocycles. The molecule has 16 heavy (non-hydrogen) atoms. The van der Waals surface area contributed by atoms with Crippen LogP contribution in [0.2, 0.25) is 0 Å². The standard InChI is InChI=1S/C11H18N4O/c1-16-9-11-3-2-10(13-14-11)8-15-6-4-12-5-7-15/h2-3,12H,4-9H2,1H3. The Bertz CT molecular complexity index is 308. The van der Waals surface area contributed by atoms with Crippen LogP contribution in [0.25, 0.3) is 0 Å². The minimum absolute atomic E-state index is 0.529. The topological polar surface area (TPSA) is 50.3 Å². The summed E-state index contributed by atoms with van der Waals surface area (Å²) in [6.07, 6.45) is 0. The van der Waals surface area contributed by atoms with Gasteiger partial charge in [0.05, 0.1) is 18.0 Å². The SMILES string of the molecule is COCc1ccc(CN2CCNCC2)nn1. The highest BCUT2D eigenvalue weighted by molar-refractivity contribution is 5.06. The van der Waals surface area contributed by atoms with Crippen molar-refractivity contribution in [3.8, 4) is 0 Å². The molecule has 0 unspecified atom stereocenters. The van der Waals surface area contributed by atoms with Crippen LogP contribution in [0.15, 0.2) is 12.1 Å². The van der Waals surface area contributed by atoms with Crippen molar-refractivity contribution in [1.82, 2.24) is 20.4 Å². The molecule has 0 bridgehead atoms. The summed E-state index contributed by atoms with van der Waals surface area (Å²) in [5.74, 6) is 0. The van der Waals surface area contributed by atoms with E-state index < -0.39 is 0 Å². The third-order valence-corrected chi connectivity index (χ3v) is 2.66. The molecule has 1 aliphatic heterocycles. The Morgan fingerprint density at radius 1 is 1.25 bits per heavy atom. The number of nitrogens with one attached hydrogen (secondary N) is 1. The first-order valence-corrected chi connectivity index (χ1v) is 5.62. The fourth-order valence-electron chi connectivity index (χ4n) is 1.80. The van der Waals surface area contributed by atoms with E-state index in [4.69, 9.17) is 4.74 Å². The van der Waals surface area contributed by atoms with Gasteiger partial charge in [-0.15, -0.1) is 0 Å². The molecule has 5 nitrogen and oxygen atoms in total. The van der Waals surface area contributed by atoms with Crippen LogP contribution >= 0.6 is 0 Å². The zero-order chi connectivity index (χ0) is 11.2. The molecule has 0 amide bonds. The molecule has 1 aliphatic rings. The molecule has 5 heteroatoms. The maximum atomic E-state index is 5.00. The van der Waals surface area contributed by atoms with Crippen LogP contribution in [0.5, 0.6) is 0 Å². The van der Waals surface area contributed by atoms with E-state index in [-0.39, 0.29) is 0 Å². The lowest BCUT2D eigenvalue weighted by atomic mass is 10.3. The second kappa shape index (κ2) is 5.89. The molecule has 1 N–H and O–H groups in total. The molecule has 1 fully saturated rings. The van der Waals surface area contributed by atoms with Crippen LogP contribution < -0.4 is 5.32 Å². The lowest BCUT2D eigenvalue weighted by Crippen LogP contribution is -2.43. The molecule has 88 valence electrons. The van der Waals surface area contributed by atoms with E-state index in [0.29, 0.717) is 6.61 Å². The summed E-state index contributed by atoms with van der Waals surface area (Å²) in [5, 5.41) is 11.6. The minimum Gasteiger partial charge on any atom is -0.378 e. The van der Waals surface area contributed by atoms with E-state index in [9.17, 15) is 0 Å². The molecule has 2 heterocycles. The predicted octanol–water partition coefficient (Wildman–Crippen LogP) is 0.0282. The van der Waals surface area contributed by atoms with Gasteiger partial charge in [-0.2, -0.15) is 10.2 Å². The average molecular weight is 222 g/mol. The van der Waals surface area contributed by atoms with Gasteiger partial charge in [0.25, 0.3) is 0 Å². The molecule has 1 aromatic rings. The van der Waals surface area contributed by atoms with Gasteiger partial charge in [0.2, 0.25) is 0 Å². The Hall–Kier alpha value is -1.04. The van der Waals surface area contributed by atoms with Crippen LogP contribution in [0.4, 0.5) is 0 Å². The maximum absolute atomic E-state index is 5.00. The molecule has 1 aromatic heterocycles.